The van der Waals surface area contributed by atoms with Crippen molar-refractivity contribution in [2.24, 2.45) is 36.4 Å². The van der Waals surface area contributed by atoms with Gasteiger partial charge in [-0.2, -0.15) is 56.9 Å². The zero-order valence-corrected chi connectivity index (χ0v) is 62.1. The summed E-state index contributed by atoms with van der Waals surface area (Å²) < 4.78 is 86.0. The minimum absolute atomic E-state index is 0.0463. The Labute approximate surface area is 637 Å². The lowest BCUT2D eigenvalue weighted by molar-refractivity contribution is -0.138. The number of thiophene rings is 3. The Balaban J connectivity index is 0.000000189. The number of amides is 6. The van der Waals surface area contributed by atoms with E-state index < -0.39 is 41.2 Å². The minimum atomic E-state index is -4.48. The smallest absolute Gasteiger partial charge is 0.416 e. The number of benzene rings is 3. The topological polar surface area (TPSA) is 361 Å². The van der Waals surface area contributed by atoms with Crippen LogP contribution < -0.4 is 32.2 Å². The maximum absolute atomic E-state index is 12.9. The summed E-state index contributed by atoms with van der Waals surface area (Å²) >= 11 is 15.1. The van der Waals surface area contributed by atoms with E-state index in [1.54, 1.807) is 93.4 Å². The van der Waals surface area contributed by atoms with Crippen LogP contribution in [0.3, 0.4) is 0 Å². The molecule has 8 aromatic heterocycles. The molecule has 3 aromatic carbocycles. The molecule has 0 fully saturated rings. The number of carbonyl (C=O) groups is 6. The lowest BCUT2D eigenvalue weighted by Crippen LogP contribution is -2.26. The van der Waals surface area contributed by atoms with Crippen molar-refractivity contribution in [2.45, 2.75) is 46.2 Å². The Morgan fingerprint density at radius 2 is 0.743 bits per heavy atom. The molecule has 0 radical (unpaired) electrons. The molecule has 0 bridgehead atoms. The van der Waals surface area contributed by atoms with Crippen LogP contribution in [0.4, 0.5) is 26.3 Å². The predicted molar refractivity (Wildman–Crippen MR) is 398 cm³/mol. The fraction of sp³-hybridized carbons (Fsp3) is 0.183. The van der Waals surface area contributed by atoms with E-state index in [4.69, 9.17) is 27.9 Å². The van der Waals surface area contributed by atoms with Gasteiger partial charge < -0.3 is 36.0 Å². The lowest BCUT2D eigenvalue weighted by atomic mass is 10.1. The van der Waals surface area contributed by atoms with Gasteiger partial charge in [-0.1, -0.05) is 53.5 Å². The van der Waals surface area contributed by atoms with Crippen LogP contribution in [0.2, 0.25) is 10.0 Å². The van der Waals surface area contributed by atoms with Crippen molar-refractivity contribution in [3.05, 3.63) is 231 Å². The van der Waals surface area contributed by atoms with Crippen LogP contribution in [0.15, 0.2) is 167 Å². The van der Waals surface area contributed by atoms with Crippen molar-refractivity contribution in [1.82, 2.24) is 71.5 Å². The number of hydrazone groups is 3. The number of alkyl halides is 6. The first-order valence-corrected chi connectivity index (χ1v) is 35.1. The third kappa shape index (κ3) is 20.8. The molecule has 11 aromatic rings. The highest BCUT2D eigenvalue weighted by Crippen LogP contribution is 2.39. The van der Waals surface area contributed by atoms with Crippen LogP contribution in [0, 0.1) is 0 Å². The molecule has 8 heterocycles. The maximum atomic E-state index is 12.9. The van der Waals surface area contributed by atoms with Gasteiger partial charge in [0.05, 0.1) is 74.2 Å². The van der Waals surface area contributed by atoms with Gasteiger partial charge >= 0.3 is 12.4 Å². The van der Waals surface area contributed by atoms with Crippen molar-refractivity contribution >= 4 is 110 Å². The van der Waals surface area contributed by atoms with Crippen LogP contribution in [-0.2, 0) is 51.3 Å². The maximum Gasteiger partial charge on any atom is 0.416 e. The fourth-order valence-electron chi connectivity index (χ4n) is 9.89. The van der Waals surface area contributed by atoms with E-state index in [-0.39, 0.29) is 90.3 Å². The third-order valence-corrected chi connectivity index (χ3v) is 19.4. The molecule has 0 unspecified atom stereocenters. The van der Waals surface area contributed by atoms with Gasteiger partial charge in [-0.05, 0) is 129 Å². The molecule has 0 aliphatic carbocycles. The van der Waals surface area contributed by atoms with Crippen LogP contribution in [-0.4, -0.2) is 127 Å². The van der Waals surface area contributed by atoms with Crippen molar-refractivity contribution in [2.75, 3.05) is 20.3 Å². The number of pyridine rings is 2. The molecule has 0 aliphatic heterocycles. The number of nitrogens with zero attached hydrogens (tertiary/aromatic N) is 11. The normalized spacial score (nSPS) is 11.8. The number of hydrogen-bond donors (Lipinski definition) is 9. The SMILES string of the molecule is C/C(=N\NC(=O)c1ccc(C(=O)NCc2ccncc2)s1)c1nn(C)c(-c2ccc(C(F)(F)F)cc2)c1O.C/C(=N\NC(=O)c1ccc(C(=O)NCc2ccncc2)s1)c1nn(C)c(-c2ccc(Cl)c(Cl)c2)c1O.COCCNC(=O)c1ccc(C(=O)N/N=C(\C)c2nn(C)c(-c3ccc(C(F)(F)F)cc3)c2O)s1. The molecular formula is C71H63Cl2F6N17O10S3. The second-order valence-corrected chi connectivity index (χ2v) is 27.1. The molecule has 109 heavy (non-hydrogen) atoms. The molecule has 566 valence electrons. The fourth-order valence-corrected chi connectivity index (χ4v) is 12.6. The molecule has 6 amide bonds. The van der Waals surface area contributed by atoms with E-state index in [1.807, 2.05) is 0 Å². The summed E-state index contributed by atoms with van der Waals surface area (Å²) in [5, 5.41) is 65.8. The molecule has 0 spiro atoms. The molecule has 0 saturated heterocycles. The Kier molecular flexibility index (Phi) is 26.9. The number of methoxy groups -OCH3 is 1. The zero-order valence-electron chi connectivity index (χ0n) is 58.1. The van der Waals surface area contributed by atoms with E-state index in [2.05, 4.69) is 72.8 Å². The summed E-state index contributed by atoms with van der Waals surface area (Å²) in [4.78, 5) is 84.1. The third-order valence-electron chi connectivity index (χ3n) is 15.4. The summed E-state index contributed by atoms with van der Waals surface area (Å²) in [7, 11) is 6.23. The standard InChI is InChI=1S/C25H21F3N6O3S.C24H20Cl2N6O3S.C22H22F3N5O4S/c1-14(20-22(35)21(34(2)33-20)16-3-5-17(6-4-16)25(26,27)28)31-32-24(37)19-8-7-18(38-19)23(36)30-13-15-9-11-29-12-10-15;1-13(20-22(33)21(32(2)31-20)15-3-4-16(25)17(26)11-15)29-30-24(35)19-6-5-18(36-19)23(34)28-12-14-7-9-27-10-8-14;1-12(27-28-21(33)16-9-8-15(35-16)20(32)26-10-11-34-3)17-19(31)18(30(2)29-17)13-4-6-14(7-5-13)22(23,24)25/h3-12,35H,13H2,1-2H3,(H,30,36)(H,32,37);3-11,33H,12H2,1-2H3,(H,28,34)(H,30,35);4-9,31H,10-11H2,1-3H3,(H,26,32)(H,28,33)/b31-14+;29-13+;27-12+. The number of hydrogen-bond acceptors (Lipinski definition) is 21. The number of aromatic nitrogens is 8. The van der Waals surface area contributed by atoms with Crippen molar-refractivity contribution in [1.29, 1.82) is 0 Å². The minimum Gasteiger partial charge on any atom is -0.504 e. The van der Waals surface area contributed by atoms with Gasteiger partial charge in [-0.3, -0.25) is 52.8 Å². The van der Waals surface area contributed by atoms with Crippen LogP contribution in [0.25, 0.3) is 33.8 Å². The molecule has 9 N–H and O–H groups in total. The number of nitrogens with one attached hydrogen (secondary N) is 6. The second kappa shape index (κ2) is 36.1. The molecule has 11 rings (SSSR count). The average molecular weight is 1600 g/mol. The van der Waals surface area contributed by atoms with Gasteiger partial charge in [0.25, 0.3) is 35.4 Å². The van der Waals surface area contributed by atoms with E-state index in [9.17, 15) is 70.4 Å². The first-order valence-electron chi connectivity index (χ1n) is 31.9. The van der Waals surface area contributed by atoms with E-state index in [0.717, 1.165) is 69.4 Å². The summed E-state index contributed by atoms with van der Waals surface area (Å²) in [6.45, 7) is 5.97. The number of aromatic hydroxyl groups is 3. The van der Waals surface area contributed by atoms with Crippen molar-refractivity contribution < 1.29 is 75.2 Å². The molecule has 27 nitrogen and oxygen atoms in total. The van der Waals surface area contributed by atoms with E-state index in [1.165, 1.54) is 97.6 Å². The highest BCUT2D eigenvalue weighted by atomic mass is 35.5. The van der Waals surface area contributed by atoms with E-state index in [0.29, 0.717) is 78.2 Å². The average Bonchev–Trinajstić information content (AvgIpc) is 1.66. The van der Waals surface area contributed by atoms with Gasteiger partial charge in [0.15, 0.2) is 34.3 Å². The van der Waals surface area contributed by atoms with Crippen LogP contribution in [0.1, 0.15) is 118 Å². The van der Waals surface area contributed by atoms with Crippen LogP contribution >= 0.6 is 57.2 Å². The number of halogens is 8. The number of rotatable bonds is 22. The predicted octanol–water partition coefficient (Wildman–Crippen LogP) is 12.4. The Hall–Kier alpha value is -12.0. The Morgan fingerprint density at radius 1 is 0.440 bits per heavy atom. The Bertz CT molecular complexity index is 5230. The number of carbonyl (C=O) groups excluding carboxylic acids is 6. The molecule has 0 atom stereocenters. The van der Waals surface area contributed by atoms with E-state index >= 15 is 0 Å². The quantitative estimate of drug-likeness (QED) is 0.0132. The highest BCUT2D eigenvalue weighted by molar-refractivity contribution is 7.16. The molecule has 0 saturated carbocycles. The first kappa shape index (κ1) is 81.1. The van der Waals surface area contributed by atoms with Crippen molar-refractivity contribution in [3.8, 4) is 51.0 Å². The van der Waals surface area contributed by atoms with Gasteiger partial charge in [-0.25, -0.2) is 16.3 Å². The summed E-state index contributed by atoms with van der Waals surface area (Å²) in [5.41, 5.74) is 10.3. The monoisotopic (exact) mass is 1590 g/mol. The summed E-state index contributed by atoms with van der Waals surface area (Å²) in [6.07, 6.45) is -2.41. The summed E-state index contributed by atoms with van der Waals surface area (Å²) in [5.74, 6) is -3.29. The largest absolute Gasteiger partial charge is 0.504 e. The van der Waals surface area contributed by atoms with Gasteiger partial charge in [0.2, 0.25) is 0 Å². The Morgan fingerprint density at radius 3 is 1.06 bits per heavy atom. The molecule has 0 aliphatic rings. The van der Waals surface area contributed by atoms with Crippen LogP contribution in [0.5, 0.6) is 17.2 Å². The molecule has 38 heteroatoms. The zero-order chi connectivity index (χ0) is 79.0. The highest BCUT2D eigenvalue weighted by Gasteiger charge is 2.32. The second-order valence-electron chi connectivity index (χ2n) is 23.0. The number of aryl methyl sites for hydroxylation is 3. The van der Waals surface area contributed by atoms with Gasteiger partial charge in [0.1, 0.15) is 17.1 Å². The van der Waals surface area contributed by atoms with Gasteiger partial charge in [-0.15, -0.1) is 34.0 Å². The summed E-state index contributed by atoms with van der Waals surface area (Å²) in [6, 6.07) is 29.9. The lowest BCUT2D eigenvalue weighted by Gasteiger charge is -2.08. The molecular weight excluding hydrogens is 1530 g/mol. The van der Waals surface area contributed by atoms with Gasteiger partial charge in [0, 0.05) is 89.4 Å². The first-order chi connectivity index (χ1) is 51.8. The number of ether oxygens (including phenoxy) is 1. The van der Waals surface area contributed by atoms with Crippen molar-refractivity contribution in [3.63, 3.8) is 0 Å².